The average Bonchev–Trinajstić information content (AvgIpc) is 2.29. The summed E-state index contributed by atoms with van der Waals surface area (Å²) in [6, 6.07) is 11.3. The highest BCUT2D eigenvalue weighted by Crippen LogP contribution is 2.31. The van der Waals surface area contributed by atoms with Crippen molar-refractivity contribution in [2.24, 2.45) is 0 Å². The van der Waals surface area contributed by atoms with Crippen molar-refractivity contribution in [2.45, 2.75) is 6.92 Å². The Kier molecular flexibility index (Phi) is 3.28. The first-order valence-corrected chi connectivity index (χ1v) is 5.42. The zero-order chi connectivity index (χ0) is 12.3. The van der Waals surface area contributed by atoms with Gasteiger partial charge in [-0.15, -0.1) is 0 Å². The van der Waals surface area contributed by atoms with E-state index in [0.717, 1.165) is 17.4 Å². The van der Waals surface area contributed by atoms with Gasteiger partial charge in [0.05, 0.1) is 6.61 Å². The van der Waals surface area contributed by atoms with E-state index in [1.54, 1.807) is 6.07 Å². The maximum Gasteiger partial charge on any atom is 0.126 e. The summed E-state index contributed by atoms with van der Waals surface area (Å²) in [5, 5.41) is 9.68. The zero-order valence-electron chi connectivity index (χ0n) is 9.48. The van der Waals surface area contributed by atoms with Crippen molar-refractivity contribution in [3.63, 3.8) is 0 Å². The van der Waals surface area contributed by atoms with Crippen LogP contribution in [-0.4, -0.2) is 11.7 Å². The third-order valence-corrected chi connectivity index (χ3v) is 2.42. The molecule has 1 N–H and O–H groups in total. The molecule has 2 rings (SSSR count). The van der Waals surface area contributed by atoms with Crippen LogP contribution in [0.2, 0.25) is 0 Å². The Hall–Kier alpha value is -2.03. The predicted molar refractivity (Wildman–Crippen MR) is 64.7 cm³/mol. The van der Waals surface area contributed by atoms with E-state index in [2.05, 4.69) is 0 Å². The van der Waals surface area contributed by atoms with Crippen molar-refractivity contribution in [2.75, 3.05) is 6.61 Å². The largest absolute Gasteiger partial charge is 0.507 e. The highest BCUT2D eigenvalue weighted by molar-refractivity contribution is 5.71. The van der Waals surface area contributed by atoms with E-state index in [0.29, 0.717) is 12.2 Å². The zero-order valence-corrected chi connectivity index (χ0v) is 9.48. The molecule has 17 heavy (non-hydrogen) atoms. The molecule has 0 spiro atoms. The van der Waals surface area contributed by atoms with Crippen molar-refractivity contribution < 1.29 is 14.2 Å². The van der Waals surface area contributed by atoms with Crippen LogP contribution in [0.15, 0.2) is 42.5 Å². The highest BCUT2D eigenvalue weighted by atomic mass is 19.1. The molecule has 2 aromatic carbocycles. The fourth-order valence-corrected chi connectivity index (χ4v) is 1.67. The van der Waals surface area contributed by atoms with Gasteiger partial charge < -0.3 is 9.84 Å². The second kappa shape index (κ2) is 4.87. The molecule has 0 saturated heterocycles. The smallest absolute Gasteiger partial charge is 0.126 e. The van der Waals surface area contributed by atoms with E-state index >= 15 is 0 Å². The summed E-state index contributed by atoms with van der Waals surface area (Å²) < 4.78 is 18.3. The third kappa shape index (κ3) is 2.56. The van der Waals surface area contributed by atoms with Crippen LogP contribution in [0.1, 0.15) is 6.92 Å². The van der Waals surface area contributed by atoms with Crippen molar-refractivity contribution in [3.05, 3.63) is 48.3 Å². The lowest BCUT2D eigenvalue weighted by Gasteiger charge is -2.07. The summed E-state index contributed by atoms with van der Waals surface area (Å²) in [6.45, 7) is 2.49. The van der Waals surface area contributed by atoms with E-state index < -0.39 is 5.82 Å². The fourth-order valence-electron chi connectivity index (χ4n) is 1.67. The van der Waals surface area contributed by atoms with E-state index in [1.807, 2.05) is 31.2 Å². The molecular weight excluding hydrogens is 219 g/mol. The Labute approximate surface area is 99.3 Å². The second-order valence-electron chi connectivity index (χ2n) is 3.62. The highest BCUT2D eigenvalue weighted by Gasteiger charge is 2.06. The molecule has 0 saturated carbocycles. The van der Waals surface area contributed by atoms with Gasteiger partial charge in [0.2, 0.25) is 0 Å². The van der Waals surface area contributed by atoms with Gasteiger partial charge in [-0.1, -0.05) is 12.1 Å². The number of ether oxygens (including phenoxy) is 1. The molecule has 0 aromatic heterocycles. The summed E-state index contributed by atoms with van der Waals surface area (Å²) >= 11 is 0. The number of rotatable bonds is 3. The first-order valence-electron chi connectivity index (χ1n) is 5.42. The minimum Gasteiger partial charge on any atom is -0.507 e. The fraction of sp³-hybridized carbons (Fsp3) is 0.143. The molecule has 0 atom stereocenters. The second-order valence-corrected chi connectivity index (χ2v) is 3.62. The molecule has 88 valence electrons. The third-order valence-electron chi connectivity index (χ3n) is 2.42. The predicted octanol–water partition coefficient (Wildman–Crippen LogP) is 3.60. The van der Waals surface area contributed by atoms with Crippen LogP contribution in [0.25, 0.3) is 11.1 Å². The van der Waals surface area contributed by atoms with Crippen LogP contribution in [0, 0.1) is 5.82 Å². The number of phenols is 1. The van der Waals surface area contributed by atoms with Gasteiger partial charge in [0.15, 0.2) is 0 Å². The summed E-state index contributed by atoms with van der Waals surface area (Å²) in [5.74, 6) is 0.208. The molecule has 0 heterocycles. The SMILES string of the molecule is CCOc1cccc(-c2ccc(F)cc2O)c1. The number of phenolic OH excluding ortho intramolecular Hbond substituents is 1. The van der Waals surface area contributed by atoms with Crippen molar-refractivity contribution in [1.82, 2.24) is 0 Å². The average molecular weight is 232 g/mol. The quantitative estimate of drug-likeness (QED) is 0.876. The Morgan fingerprint density at radius 1 is 1.18 bits per heavy atom. The van der Waals surface area contributed by atoms with E-state index in [1.165, 1.54) is 6.07 Å². The molecule has 0 amide bonds. The van der Waals surface area contributed by atoms with Crippen LogP contribution in [0.3, 0.4) is 0 Å². The Morgan fingerprint density at radius 3 is 2.71 bits per heavy atom. The molecule has 3 heteroatoms. The van der Waals surface area contributed by atoms with Gasteiger partial charge in [0.1, 0.15) is 17.3 Å². The topological polar surface area (TPSA) is 29.5 Å². The molecule has 0 fully saturated rings. The van der Waals surface area contributed by atoms with Crippen molar-refractivity contribution in [1.29, 1.82) is 0 Å². The lowest BCUT2D eigenvalue weighted by molar-refractivity contribution is 0.340. The molecule has 0 aliphatic heterocycles. The van der Waals surface area contributed by atoms with Gasteiger partial charge in [-0.3, -0.25) is 0 Å². The number of aromatic hydroxyl groups is 1. The van der Waals surface area contributed by atoms with E-state index in [9.17, 15) is 9.50 Å². The Morgan fingerprint density at radius 2 is 2.00 bits per heavy atom. The lowest BCUT2D eigenvalue weighted by Crippen LogP contribution is -1.91. The van der Waals surface area contributed by atoms with Crippen LogP contribution >= 0.6 is 0 Å². The molecule has 2 nitrogen and oxygen atoms in total. The van der Waals surface area contributed by atoms with E-state index in [-0.39, 0.29) is 5.75 Å². The van der Waals surface area contributed by atoms with Gasteiger partial charge in [-0.2, -0.15) is 0 Å². The summed E-state index contributed by atoms with van der Waals surface area (Å²) in [6.07, 6.45) is 0. The summed E-state index contributed by atoms with van der Waals surface area (Å²) in [5.41, 5.74) is 1.39. The van der Waals surface area contributed by atoms with Gasteiger partial charge in [0.25, 0.3) is 0 Å². The molecule has 0 unspecified atom stereocenters. The van der Waals surface area contributed by atoms with E-state index in [4.69, 9.17) is 4.74 Å². The normalized spacial score (nSPS) is 10.2. The Balaban J connectivity index is 2.42. The number of hydrogen-bond acceptors (Lipinski definition) is 2. The molecule has 2 aromatic rings. The van der Waals surface area contributed by atoms with Crippen LogP contribution in [0.5, 0.6) is 11.5 Å². The minimum atomic E-state index is -0.452. The van der Waals surface area contributed by atoms with Gasteiger partial charge >= 0.3 is 0 Å². The van der Waals surface area contributed by atoms with Crippen LogP contribution in [0.4, 0.5) is 4.39 Å². The van der Waals surface area contributed by atoms with Crippen molar-refractivity contribution in [3.8, 4) is 22.6 Å². The van der Waals surface area contributed by atoms with Gasteiger partial charge in [0, 0.05) is 11.6 Å². The standard InChI is InChI=1S/C14H13FO2/c1-2-17-12-5-3-4-10(8-12)13-7-6-11(15)9-14(13)16/h3-9,16H,2H2,1H3. The first-order chi connectivity index (χ1) is 8.20. The Bertz CT molecular complexity index is 523. The minimum absolute atomic E-state index is 0.0707. The van der Waals surface area contributed by atoms with Gasteiger partial charge in [-0.25, -0.2) is 4.39 Å². The molecule has 0 aliphatic rings. The first kappa shape index (κ1) is 11.5. The monoisotopic (exact) mass is 232 g/mol. The summed E-state index contributed by atoms with van der Waals surface area (Å²) in [7, 11) is 0. The van der Waals surface area contributed by atoms with Crippen LogP contribution < -0.4 is 4.74 Å². The van der Waals surface area contributed by atoms with Gasteiger partial charge in [-0.05, 0) is 36.8 Å². The maximum absolute atomic E-state index is 12.9. The number of hydrogen-bond donors (Lipinski definition) is 1. The lowest BCUT2D eigenvalue weighted by atomic mass is 10.0. The number of benzene rings is 2. The maximum atomic E-state index is 12.9. The molecule has 0 bridgehead atoms. The van der Waals surface area contributed by atoms with Crippen LogP contribution in [-0.2, 0) is 0 Å². The molecular formula is C14H13FO2. The molecule has 0 radical (unpaired) electrons. The summed E-state index contributed by atoms with van der Waals surface area (Å²) in [4.78, 5) is 0. The molecule has 0 aliphatic carbocycles. The number of halogens is 1. The van der Waals surface area contributed by atoms with Crippen molar-refractivity contribution >= 4 is 0 Å².